The van der Waals surface area contributed by atoms with Crippen LogP contribution in [0.1, 0.15) is 34.7 Å². The number of hydrogen-bond acceptors (Lipinski definition) is 5. The second kappa shape index (κ2) is 8.90. The van der Waals surface area contributed by atoms with Crippen molar-refractivity contribution in [1.82, 2.24) is 0 Å². The van der Waals surface area contributed by atoms with Crippen molar-refractivity contribution in [2.75, 3.05) is 11.9 Å². The van der Waals surface area contributed by atoms with Gasteiger partial charge in [-0.1, -0.05) is 42.5 Å². The molecular formula is C22H21NO5. The number of carbonyl (C=O) groups is 2. The van der Waals surface area contributed by atoms with Crippen LogP contribution >= 0.6 is 0 Å². The Morgan fingerprint density at radius 3 is 2.43 bits per heavy atom. The van der Waals surface area contributed by atoms with E-state index in [9.17, 15) is 9.59 Å². The van der Waals surface area contributed by atoms with E-state index in [4.69, 9.17) is 13.9 Å². The van der Waals surface area contributed by atoms with Gasteiger partial charge in [-0.3, -0.25) is 4.79 Å². The van der Waals surface area contributed by atoms with Gasteiger partial charge in [0.1, 0.15) is 5.75 Å². The van der Waals surface area contributed by atoms with Gasteiger partial charge in [0.05, 0.1) is 18.6 Å². The van der Waals surface area contributed by atoms with Crippen molar-refractivity contribution in [3.63, 3.8) is 0 Å². The Bertz CT molecular complexity index is 948. The number of amides is 1. The molecule has 0 bridgehead atoms. The summed E-state index contributed by atoms with van der Waals surface area (Å²) in [6.07, 6.45) is 0.259. The third kappa shape index (κ3) is 4.40. The topological polar surface area (TPSA) is 77.8 Å². The molecule has 3 rings (SSSR count). The molecule has 1 atom stereocenters. The van der Waals surface area contributed by atoms with Crippen LogP contribution in [-0.2, 0) is 9.53 Å². The molecule has 1 aromatic heterocycles. The molecule has 0 fully saturated rings. The molecule has 0 aliphatic heterocycles. The predicted molar refractivity (Wildman–Crippen MR) is 104 cm³/mol. The van der Waals surface area contributed by atoms with Gasteiger partial charge in [0, 0.05) is 11.1 Å². The molecule has 0 spiro atoms. The molecular weight excluding hydrogens is 358 g/mol. The Hall–Kier alpha value is -3.54. The van der Waals surface area contributed by atoms with E-state index in [0.29, 0.717) is 29.2 Å². The maximum absolute atomic E-state index is 13.0. The van der Waals surface area contributed by atoms with Crippen LogP contribution in [-0.4, -0.2) is 18.5 Å². The van der Waals surface area contributed by atoms with E-state index in [1.165, 1.54) is 6.26 Å². The van der Waals surface area contributed by atoms with Crippen molar-refractivity contribution >= 4 is 17.6 Å². The number of hydrogen-bond donors (Lipinski definition) is 1. The molecule has 0 radical (unpaired) electrons. The first kappa shape index (κ1) is 19.2. The fourth-order valence-corrected chi connectivity index (χ4v) is 2.69. The maximum atomic E-state index is 13.0. The molecule has 1 N–H and O–H groups in total. The van der Waals surface area contributed by atoms with Crippen LogP contribution in [0.3, 0.4) is 0 Å². The first-order chi connectivity index (χ1) is 13.6. The lowest BCUT2D eigenvalue weighted by Gasteiger charge is -2.19. The molecule has 0 aliphatic rings. The smallest absolute Gasteiger partial charge is 0.375 e. The first-order valence-electron chi connectivity index (χ1n) is 8.93. The average molecular weight is 379 g/mol. The van der Waals surface area contributed by atoms with Gasteiger partial charge < -0.3 is 19.2 Å². The second-order valence-electron chi connectivity index (χ2n) is 6.05. The number of carbonyl (C=O) groups excluding carboxylic acids is 2. The minimum atomic E-state index is -1.15. The van der Waals surface area contributed by atoms with E-state index < -0.39 is 18.0 Å². The molecule has 6 heteroatoms. The Labute approximate surface area is 163 Å². The van der Waals surface area contributed by atoms with E-state index in [2.05, 4.69) is 5.32 Å². The minimum absolute atomic E-state index is 0.0726. The lowest BCUT2D eigenvalue weighted by Crippen LogP contribution is -2.26. The molecule has 6 nitrogen and oxygen atoms in total. The minimum Gasteiger partial charge on any atom is -0.492 e. The summed E-state index contributed by atoms with van der Waals surface area (Å²) in [5.74, 6) is -0.581. The summed E-state index contributed by atoms with van der Waals surface area (Å²) in [4.78, 5) is 25.5. The summed E-state index contributed by atoms with van der Waals surface area (Å²) < 4.78 is 16.2. The highest BCUT2D eigenvalue weighted by atomic mass is 16.6. The number of aryl methyl sites for hydroxylation is 1. The number of rotatable bonds is 7. The SMILES string of the molecule is CCOc1ccccc1NC(=O)C(OC(=O)c1occc1C)c1ccccc1. The highest BCUT2D eigenvalue weighted by Crippen LogP contribution is 2.27. The van der Waals surface area contributed by atoms with Crippen molar-refractivity contribution in [2.24, 2.45) is 0 Å². The van der Waals surface area contributed by atoms with Gasteiger partial charge >= 0.3 is 5.97 Å². The molecule has 0 saturated carbocycles. The fraction of sp³-hybridized carbons (Fsp3) is 0.182. The van der Waals surface area contributed by atoms with Crippen molar-refractivity contribution in [1.29, 1.82) is 0 Å². The summed E-state index contributed by atoms with van der Waals surface area (Å²) in [5, 5.41) is 2.79. The number of anilines is 1. The Morgan fingerprint density at radius 1 is 1.04 bits per heavy atom. The first-order valence-corrected chi connectivity index (χ1v) is 8.93. The van der Waals surface area contributed by atoms with Gasteiger partial charge in [0.2, 0.25) is 11.9 Å². The van der Waals surface area contributed by atoms with Crippen LogP contribution in [0.25, 0.3) is 0 Å². The zero-order valence-electron chi connectivity index (χ0n) is 15.7. The van der Waals surface area contributed by atoms with Gasteiger partial charge in [-0.2, -0.15) is 0 Å². The van der Waals surface area contributed by atoms with E-state index in [1.54, 1.807) is 55.5 Å². The van der Waals surface area contributed by atoms with Gasteiger partial charge in [-0.25, -0.2) is 4.79 Å². The van der Waals surface area contributed by atoms with E-state index in [1.807, 2.05) is 19.1 Å². The molecule has 1 amide bonds. The molecule has 3 aromatic rings. The highest BCUT2D eigenvalue weighted by molar-refractivity contribution is 5.98. The fourth-order valence-electron chi connectivity index (χ4n) is 2.69. The number of nitrogens with one attached hydrogen (secondary N) is 1. The van der Waals surface area contributed by atoms with Gasteiger partial charge in [0.25, 0.3) is 5.91 Å². The second-order valence-corrected chi connectivity index (χ2v) is 6.05. The average Bonchev–Trinajstić information content (AvgIpc) is 3.14. The molecule has 1 unspecified atom stereocenters. The van der Waals surface area contributed by atoms with Crippen LogP contribution in [0.15, 0.2) is 71.3 Å². The van der Waals surface area contributed by atoms with Crippen LogP contribution in [0.5, 0.6) is 5.75 Å². The summed E-state index contributed by atoms with van der Waals surface area (Å²) in [6, 6.07) is 17.6. The zero-order chi connectivity index (χ0) is 19.9. The molecule has 2 aromatic carbocycles. The summed E-state index contributed by atoms with van der Waals surface area (Å²) in [6.45, 7) is 4.05. The number of benzene rings is 2. The lowest BCUT2D eigenvalue weighted by atomic mass is 10.1. The summed E-state index contributed by atoms with van der Waals surface area (Å²) >= 11 is 0. The number of para-hydroxylation sites is 2. The van der Waals surface area contributed by atoms with E-state index in [-0.39, 0.29) is 5.76 Å². The molecule has 144 valence electrons. The molecule has 0 aliphatic carbocycles. The Balaban J connectivity index is 1.86. The Kier molecular flexibility index (Phi) is 6.11. The maximum Gasteiger partial charge on any atom is 0.375 e. The molecule has 0 saturated heterocycles. The van der Waals surface area contributed by atoms with Crippen LogP contribution < -0.4 is 10.1 Å². The third-order valence-electron chi connectivity index (χ3n) is 4.06. The molecule has 1 heterocycles. The number of esters is 1. The van der Waals surface area contributed by atoms with E-state index in [0.717, 1.165) is 0 Å². The standard InChI is InChI=1S/C22H21NO5/c1-3-26-18-12-8-7-11-17(18)23-21(24)20(16-9-5-4-6-10-16)28-22(25)19-15(2)13-14-27-19/h4-14,20H,3H2,1-2H3,(H,23,24). The summed E-state index contributed by atoms with van der Waals surface area (Å²) in [5.41, 5.74) is 1.69. The van der Waals surface area contributed by atoms with Gasteiger partial charge in [-0.15, -0.1) is 0 Å². The quantitative estimate of drug-likeness (QED) is 0.611. The molecule has 28 heavy (non-hydrogen) atoms. The summed E-state index contributed by atoms with van der Waals surface area (Å²) in [7, 11) is 0. The van der Waals surface area contributed by atoms with Crippen LogP contribution in [0, 0.1) is 6.92 Å². The monoisotopic (exact) mass is 379 g/mol. The normalized spacial score (nSPS) is 11.5. The van der Waals surface area contributed by atoms with Crippen molar-refractivity contribution < 1.29 is 23.5 Å². The van der Waals surface area contributed by atoms with Crippen LogP contribution in [0.2, 0.25) is 0 Å². The van der Waals surface area contributed by atoms with Crippen molar-refractivity contribution in [3.05, 3.63) is 83.8 Å². The lowest BCUT2D eigenvalue weighted by molar-refractivity contribution is -0.125. The van der Waals surface area contributed by atoms with Crippen LogP contribution in [0.4, 0.5) is 5.69 Å². The van der Waals surface area contributed by atoms with Gasteiger partial charge in [0.15, 0.2) is 0 Å². The zero-order valence-corrected chi connectivity index (χ0v) is 15.7. The predicted octanol–water partition coefficient (Wildman–Crippen LogP) is 4.52. The number of ether oxygens (including phenoxy) is 2. The van der Waals surface area contributed by atoms with Crippen molar-refractivity contribution in [2.45, 2.75) is 20.0 Å². The highest BCUT2D eigenvalue weighted by Gasteiger charge is 2.28. The number of furan rings is 1. The Morgan fingerprint density at radius 2 is 1.75 bits per heavy atom. The van der Waals surface area contributed by atoms with Gasteiger partial charge in [-0.05, 0) is 32.0 Å². The van der Waals surface area contributed by atoms with E-state index >= 15 is 0 Å². The van der Waals surface area contributed by atoms with Crippen molar-refractivity contribution in [3.8, 4) is 5.75 Å². The third-order valence-corrected chi connectivity index (χ3v) is 4.06. The largest absolute Gasteiger partial charge is 0.492 e.